The predicted molar refractivity (Wildman–Crippen MR) is 81.1 cm³/mol. The van der Waals surface area contributed by atoms with Crippen LogP contribution in [0.2, 0.25) is 0 Å². The van der Waals surface area contributed by atoms with E-state index in [9.17, 15) is 14.7 Å². The molecule has 2 aromatic rings. The van der Waals surface area contributed by atoms with Crippen LogP contribution < -0.4 is 11.3 Å². The summed E-state index contributed by atoms with van der Waals surface area (Å²) in [5.41, 5.74) is 3.66. The molecule has 0 aliphatic carbocycles. The number of aliphatic hydroxyl groups is 1. The van der Waals surface area contributed by atoms with Gasteiger partial charge in [0.05, 0.1) is 6.33 Å². The number of nitrogen functional groups attached to an aromatic ring is 1. The molecule has 14 heteroatoms. The maximum atomic E-state index is 11.8. The van der Waals surface area contributed by atoms with E-state index in [4.69, 9.17) is 29.7 Å². The molecule has 0 spiro atoms. The van der Waals surface area contributed by atoms with Crippen LogP contribution in [-0.2, 0) is 14.2 Å². The van der Waals surface area contributed by atoms with Crippen LogP contribution in [0, 0.1) is 0 Å². The number of methoxy groups -OCH3 is 1. The summed E-state index contributed by atoms with van der Waals surface area (Å²) in [7, 11) is -1.71. The molecule has 0 amide bonds. The summed E-state index contributed by atoms with van der Waals surface area (Å²) in [4.78, 5) is 51.0. The summed E-state index contributed by atoms with van der Waals surface area (Å²) in [6.45, 7) is 0. The van der Waals surface area contributed by atoms with Crippen LogP contribution in [0.25, 0.3) is 11.2 Å². The van der Waals surface area contributed by atoms with Crippen molar-refractivity contribution in [2.24, 2.45) is 0 Å². The minimum absolute atomic E-state index is 0.0168. The van der Waals surface area contributed by atoms with E-state index in [0.717, 1.165) is 0 Å². The van der Waals surface area contributed by atoms with Crippen LogP contribution in [0.5, 0.6) is 0 Å². The number of fused-ring (bicyclic) bond motifs is 1. The molecule has 6 N–H and O–H groups in total. The average Bonchev–Trinajstić information content (AvgIpc) is 3.08. The van der Waals surface area contributed by atoms with E-state index in [1.165, 1.54) is 18.0 Å². The van der Waals surface area contributed by atoms with Crippen LogP contribution in [-0.4, -0.2) is 65.7 Å². The smallest absolute Gasteiger partial charge is 0.386 e. The second-order valence-corrected chi connectivity index (χ2v) is 5.98. The molecule has 3 rings (SSSR count). The Bertz CT molecular complexity index is 853. The van der Waals surface area contributed by atoms with E-state index in [1.807, 2.05) is 0 Å². The predicted octanol–water partition coefficient (Wildman–Crippen LogP) is -1.63. The molecule has 1 aliphatic rings. The summed E-state index contributed by atoms with van der Waals surface area (Å²) in [5, 5.41) is 10.2. The van der Waals surface area contributed by atoms with Crippen LogP contribution in [0.15, 0.2) is 11.1 Å². The molecule has 4 atom stereocenters. The lowest BCUT2D eigenvalue weighted by atomic mass is 10.2. The molecule has 0 radical (unpaired) electrons. The van der Waals surface area contributed by atoms with Gasteiger partial charge in [-0.1, -0.05) is 0 Å². The number of nitrogens with one attached hydrogen (secondary N) is 1. The summed E-state index contributed by atoms with van der Waals surface area (Å²) < 4.78 is 16.6. The second-order valence-electron chi connectivity index (χ2n) is 5.03. The number of aromatic nitrogens is 4. The Morgan fingerprint density at radius 1 is 1.52 bits per heavy atom. The maximum Gasteiger partial charge on any atom is 0.386 e. The Labute approximate surface area is 139 Å². The monoisotopic (exact) mass is 375 g/mol. The lowest BCUT2D eigenvalue weighted by Crippen LogP contribution is -2.35. The Morgan fingerprint density at radius 2 is 2.24 bits per heavy atom. The van der Waals surface area contributed by atoms with Gasteiger partial charge in [-0.2, -0.15) is 4.98 Å². The maximum absolute atomic E-state index is 11.8. The molecule has 1 saturated heterocycles. The van der Waals surface area contributed by atoms with Gasteiger partial charge in [0.15, 0.2) is 17.4 Å². The summed E-state index contributed by atoms with van der Waals surface area (Å²) >= 11 is 0. The molecule has 2 aromatic heterocycles. The topological polar surface area (TPSA) is 195 Å². The minimum atomic E-state index is -3.00. The molecule has 0 bridgehead atoms. The zero-order valence-electron chi connectivity index (χ0n) is 12.6. The number of carbonyl (C=O) groups excluding carboxylic acids is 1. The number of anilines is 1. The third-order valence-electron chi connectivity index (χ3n) is 3.55. The summed E-state index contributed by atoms with van der Waals surface area (Å²) in [6.07, 6.45) is -3.83. The van der Waals surface area contributed by atoms with E-state index >= 15 is 0 Å². The molecular weight excluding hydrogens is 361 g/mol. The fourth-order valence-corrected chi connectivity index (χ4v) is 2.67. The normalized spacial score (nSPS) is 26.4. The Hall–Kier alpha value is -2.15. The summed E-state index contributed by atoms with van der Waals surface area (Å²) in [5.74, 6) is -0.152. The highest BCUT2D eigenvalue weighted by Gasteiger charge is 2.48. The van der Waals surface area contributed by atoms with Crippen molar-refractivity contribution >= 4 is 31.2 Å². The first-order chi connectivity index (χ1) is 11.8. The van der Waals surface area contributed by atoms with E-state index in [1.54, 1.807) is 0 Å². The Kier molecular flexibility index (Phi) is 4.69. The lowest BCUT2D eigenvalue weighted by Gasteiger charge is -2.19. The molecular formula is C11H14N5O8P. The van der Waals surface area contributed by atoms with E-state index in [-0.39, 0.29) is 17.1 Å². The Balaban J connectivity index is 1.96. The van der Waals surface area contributed by atoms with Crippen molar-refractivity contribution in [2.75, 3.05) is 12.8 Å². The van der Waals surface area contributed by atoms with Crippen LogP contribution in [0.1, 0.15) is 6.23 Å². The van der Waals surface area contributed by atoms with E-state index in [0.29, 0.717) is 0 Å². The van der Waals surface area contributed by atoms with Gasteiger partial charge in [0.25, 0.3) is 13.9 Å². The Morgan fingerprint density at radius 3 is 2.88 bits per heavy atom. The van der Waals surface area contributed by atoms with Gasteiger partial charge in [-0.15, -0.1) is 0 Å². The van der Waals surface area contributed by atoms with Gasteiger partial charge in [0.2, 0.25) is 12.2 Å². The van der Waals surface area contributed by atoms with Gasteiger partial charge < -0.3 is 34.8 Å². The van der Waals surface area contributed by atoms with Crippen molar-refractivity contribution in [1.29, 1.82) is 0 Å². The number of nitrogens with two attached hydrogens (primary N) is 1. The highest BCUT2D eigenvalue weighted by Crippen LogP contribution is 2.36. The third kappa shape index (κ3) is 3.08. The van der Waals surface area contributed by atoms with E-state index < -0.39 is 44.4 Å². The standard InChI is InChI=1S/C11H14N5O8P/c1-22-5-4(17)9(24-11(19)25(20)21)23-8(5)16-2-13-3-6(16)14-10(12)15-7(3)18/h2,4-5,8-9,17,20-21H,1H3,(H3,12,14,15,18)/t4?,5-,8-,9-/m1/s1. The van der Waals surface area contributed by atoms with Crippen molar-refractivity contribution in [3.8, 4) is 0 Å². The molecule has 3 heterocycles. The number of carbonyl (C=O) groups is 1. The SMILES string of the molecule is CO[C@@H]1C(O)[C@@H](OC(=O)P(O)O)O[C@H]1n1cnc2c(=O)[nH]c(N)nc21. The molecule has 25 heavy (non-hydrogen) atoms. The number of aromatic amines is 1. The fraction of sp³-hybridized carbons (Fsp3) is 0.455. The molecule has 1 fully saturated rings. The van der Waals surface area contributed by atoms with Crippen molar-refractivity contribution < 1.29 is 33.9 Å². The number of imidazole rings is 1. The highest BCUT2D eigenvalue weighted by molar-refractivity contribution is 7.63. The van der Waals surface area contributed by atoms with Crippen LogP contribution in [0.4, 0.5) is 10.7 Å². The number of aliphatic hydroxyl groups excluding tert-OH is 1. The highest BCUT2D eigenvalue weighted by atomic mass is 31.2. The quantitative estimate of drug-likeness (QED) is 0.385. The second kappa shape index (κ2) is 6.63. The number of ether oxygens (including phenoxy) is 3. The zero-order chi connectivity index (χ0) is 18.3. The van der Waals surface area contributed by atoms with E-state index in [2.05, 4.69) is 15.0 Å². The van der Waals surface area contributed by atoms with Crippen LogP contribution in [0.3, 0.4) is 0 Å². The number of hydrogen-bond donors (Lipinski definition) is 5. The molecule has 136 valence electrons. The van der Waals surface area contributed by atoms with Gasteiger partial charge in [-0.05, 0) is 0 Å². The number of nitrogens with zero attached hydrogens (tertiary/aromatic N) is 3. The number of hydrogen-bond acceptors (Lipinski definition) is 11. The molecule has 1 unspecified atom stereocenters. The van der Waals surface area contributed by atoms with Gasteiger partial charge in [0.1, 0.15) is 12.2 Å². The van der Waals surface area contributed by atoms with Gasteiger partial charge in [-0.25, -0.2) is 9.78 Å². The zero-order valence-corrected chi connectivity index (χ0v) is 13.5. The first-order valence-corrected chi connectivity index (χ1v) is 8.05. The van der Waals surface area contributed by atoms with Crippen molar-refractivity contribution in [3.63, 3.8) is 0 Å². The van der Waals surface area contributed by atoms with Crippen molar-refractivity contribution in [3.05, 3.63) is 16.7 Å². The van der Waals surface area contributed by atoms with Gasteiger partial charge in [0, 0.05) is 7.11 Å². The summed E-state index contributed by atoms with van der Waals surface area (Å²) in [6, 6.07) is 0. The van der Waals surface area contributed by atoms with Crippen LogP contribution >= 0.6 is 8.38 Å². The molecule has 1 aliphatic heterocycles. The fourth-order valence-electron chi connectivity index (χ4n) is 2.47. The minimum Gasteiger partial charge on any atom is -0.426 e. The van der Waals surface area contributed by atoms with Crippen molar-refractivity contribution in [2.45, 2.75) is 24.7 Å². The molecule has 0 aromatic carbocycles. The number of rotatable bonds is 4. The largest absolute Gasteiger partial charge is 0.426 e. The average molecular weight is 375 g/mol. The molecule has 0 saturated carbocycles. The third-order valence-corrected chi connectivity index (χ3v) is 3.98. The number of H-pyrrole nitrogens is 1. The lowest BCUT2D eigenvalue weighted by molar-refractivity contribution is -0.138. The van der Waals surface area contributed by atoms with Crippen molar-refractivity contribution in [1.82, 2.24) is 19.5 Å². The first kappa shape index (κ1) is 17.7. The molecule has 13 nitrogen and oxygen atoms in total. The van der Waals surface area contributed by atoms with Gasteiger partial charge in [-0.3, -0.25) is 14.3 Å². The van der Waals surface area contributed by atoms with Gasteiger partial charge >= 0.3 is 5.71 Å². The first-order valence-electron chi connectivity index (χ1n) is 6.80.